The van der Waals surface area contributed by atoms with E-state index in [4.69, 9.17) is 10.5 Å². The first-order chi connectivity index (χ1) is 13.6. The van der Waals surface area contributed by atoms with Crippen LogP contribution in [0.4, 0.5) is 11.6 Å². The number of ether oxygens (including phenoxy) is 1. The van der Waals surface area contributed by atoms with Gasteiger partial charge in [-0.3, -0.25) is 14.9 Å². The van der Waals surface area contributed by atoms with Crippen molar-refractivity contribution in [3.63, 3.8) is 0 Å². The number of para-hydroxylation sites is 1. The van der Waals surface area contributed by atoms with Crippen molar-refractivity contribution in [2.75, 3.05) is 11.1 Å². The molecule has 1 amide bonds. The highest BCUT2D eigenvalue weighted by molar-refractivity contribution is 6.08. The van der Waals surface area contributed by atoms with Gasteiger partial charge in [-0.2, -0.15) is 5.10 Å². The zero-order valence-electron chi connectivity index (χ0n) is 14.4. The van der Waals surface area contributed by atoms with Crippen molar-refractivity contribution in [3.8, 4) is 5.75 Å². The summed E-state index contributed by atoms with van der Waals surface area (Å²) < 4.78 is 5.31. The second-order valence-electron chi connectivity index (χ2n) is 5.79. The number of hydrogen-bond donors (Lipinski definition) is 3. The van der Waals surface area contributed by atoms with Crippen molar-refractivity contribution in [2.24, 2.45) is 0 Å². The van der Waals surface area contributed by atoms with Gasteiger partial charge in [0.25, 0.3) is 5.91 Å². The van der Waals surface area contributed by atoms with E-state index in [0.29, 0.717) is 22.3 Å². The normalized spacial score (nSPS) is 10.6. The summed E-state index contributed by atoms with van der Waals surface area (Å²) in [5.41, 5.74) is 6.65. The van der Waals surface area contributed by atoms with Crippen LogP contribution in [-0.4, -0.2) is 32.0 Å². The number of rotatable bonds is 4. The number of nitrogens with zero attached hydrogens (tertiary/aromatic N) is 3. The van der Waals surface area contributed by atoms with Gasteiger partial charge in [0.05, 0.1) is 10.9 Å². The smallest absolute Gasteiger partial charge is 0.347 e. The Bertz CT molecular complexity index is 1160. The van der Waals surface area contributed by atoms with E-state index in [1.54, 1.807) is 42.6 Å². The van der Waals surface area contributed by atoms with Crippen molar-refractivity contribution in [1.29, 1.82) is 0 Å². The number of hydrogen-bond acceptors (Lipinski definition) is 7. The molecule has 0 fully saturated rings. The van der Waals surface area contributed by atoms with E-state index in [1.807, 2.05) is 6.07 Å². The standard InChI is InChI=1S/C19H14N6O3/c20-15-13(19(27)28-12-6-2-1-3-7-12)9-14-16(22-15)24-25-17(14)23-18(26)11-5-4-8-21-10-11/h1-10H,(H4,20,22,23,24,25,26). The first-order valence-electron chi connectivity index (χ1n) is 8.25. The van der Waals surface area contributed by atoms with Crippen LogP contribution in [0.2, 0.25) is 0 Å². The highest BCUT2D eigenvalue weighted by Gasteiger charge is 2.19. The molecule has 3 heterocycles. The summed E-state index contributed by atoms with van der Waals surface area (Å²) in [5.74, 6) is -0.479. The van der Waals surface area contributed by atoms with Gasteiger partial charge in [-0.1, -0.05) is 18.2 Å². The van der Waals surface area contributed by atoms with Gasteiger partial charge in [0.15, 0.2) is 11.5 Å². The quantitative estimate of drug-likeness (QED) is 0.368. The number of amides is 1. The summed E-state index contributed by atoms with van der Waals surface area (Å²) in [6.07, 6.45) is 3.00. The van der Waals surface area contributed by atoms with Crippen molar-refractivity contribution in [1.82, 2.24) is 20.2 Å². The van der Waals surface area contributed by atoms with E-state index in [-0.39, 0.29) is 17.2 Å². The molecule has 0 aliphatic heterocycles. The number of benzene rings is 1. The number of aromatic amines is 1. The Morgan fingerprint density at radius 2 is 1.93 bits per heavy atom. The number of H-pyrrole nitrogens is 1. The van der Waals surface area contributed by atoms with Gasteiger partial charge in [-0.05, 0) is 30.3 Å². The van der Waals surface area contributed by atoms with Gasteiger partial charge in [-0.25, -0.2) is 9.78 Å². The van der Waals surface area contributed by atoms with Gasteiger partial charge in [0, 0.05) is 12.4 Å². The van der Waals surface area contributed by atoms with Gasteiger partial charge in [-0.15, -0.1) is 0 Å². The summed E-state index contributed by atoms with van der Waals surface area (Å²) >= 11 is 0. The van der Waals surface area contributed by atoms with Gasteiger partial charge in [0.2, 0.25) is 0 Å². The molecule has 0 saturated carbocycles. The number of aromatic nitrogens is 4. The molecule has 0 aliphatic rings. The Morgan fingerprint density at radius 1 is 1.11 bits per heavy atom. The third kappa shape index (κ3) is 3.36. The number of nitrogen functional groups attached to an aromatic ring is 1. The van der Waals surface area contributed by atoms with E-state index < -0.39 is 11.9 Å². The number of fused-ring (bicyclic) bond motifs is 1. The van der Waals surface area contributed by atoms with Gasteiger partial charge in [0.1, 0.15) is 17.1 Å². The fraction of sp³-hybridized carbons (Fsp3) is 0. The summed E-state index contributed by atoms with van der Waals surface area (Å²) in [7, 11) is 0. The van der Waals surface area contributed by atoms with E-state index in [0.717, 1.165) is 0 Å². The molecule has 4 N–H and O–H groups in total. The van der Waals surface area contributed by atoms with Crippen molar-refractivity contribution >= 4 is 34.5 Å². The lowest BCUT2D eigenvalue weighted by Crippen LogP contribution is -2.14. The van der Waals surface area contributed by atoms with Crippen LogP contribution in [0, 0.1) is 0 Å². The lowest BCUT2D eigenvalue weighted by molar-refractivity contribution is 0.0735. The second-order valence-corrected chi connectivity index (χ2v) is 5.79. The minimum absolute atomic E-state index is 0.0118. The molecule has 138 valence electrons. The first-order valence-corrected chi connectivity index (χ1v) is 8.25. The number of carbonyl (C=O) groups excluding carboxylic acids is 2. The summed E-state index contributed by atoms with van der Waals surface area (Å²) in [4.78, 5) is 32.9. The Hall–Kier alpha value is -4.27. The van der Waals surface area contributed by atoms with Crippen LogP contribution in [-0.2, 0) is 0 Å². The first kappa shape index (κ1) is 17.2. The summed E-state index contributed by atoms with van der Waals surface area (Å²) in [6.45, 7) is 0. The molecule has 0 aliphatic carbocycles. The average molecular weight is 374 g/mol. The predicted molar refractivity (Wildman–Crippen MR) is 102 cm³/mol. The Labute approximate surface area is 158 Å². The van der Waals surface area contributed by atoms with Crippen molar-refractivity contribution in [2.45, 2.75) is 0 Å². The molecule has 0 bridgehead atoms. The maximum atomic E-state index is 12.5. The van der Waals surface area contributed by atoms with Crippen LogP contribution in [0.5, 0.6) is 5.75 Å². The van der Waals surface area contributed by atoms with E-state index in [2.05, 4.69) is 25.5 Å². The van der Waals surface area contributed by atoms with Crippen LogP contribution in [0.25, 0.3) is 11.0 Å². The highest BCUT2D eigenvalue weighted by atomic mass is 16.5. The summed E-state index contributed by atoms with van der Waals surface area (Å²) in [5, 5.41) is 9.80. The number of pyridine rings is 2. The molecule has 0 atom stereocenters. The fourth-order valence-electron chi connectivity index (χ4n) is 2.55. The Kier molecular flexibility index (Phi) is 4.38. The molecule has 3 aromatic heterocycles. The Morgan fingerprint density at radius 3 is 2.68 bits per heavy atom. The molecule has 0 spiro atoms. The molecule has 0 radical (unpaired) electrons. The minimum Gasteiger partial charge on any atom is -0.423 e. The number of nitrogens with two attached hydrogens (primary N) is 1. The molecule has 4 rings (SSSR count). The molecule has 4 aromatic rings. The van der Waals surface area contributed by atoms with E-state index in [9.17, 15) is 9.59 Å². The molecule has 9 nitrogen and oxygen atoms in total. The lowest BCUT2D eigenvalue weighted by atomic mass is 10.2. The maximum Gasteiger partial charge on any atom is 0.347 e. The third-order valence-electron chi connectivity index (χ3n) is 3.91. The number of esters is 1. The number of anilines is 2. The third-order valence-corrected chi connectivity index (χ3v) is 3.91. The maximum absolute atomic E-state index is 12.5. The molecule has 1 aromatic carbocycles. The minimum atomic E-state index is -0.663. The molecular formula is C19H14N6O3. The van der Waals surface area contributed by atoms with E-state index in [1.165, 1.54) is 12.3 Å². The Balaban J connectivity index is 1.64. The SMILES string of the molecule is Nc1nc2[nH]nc(NC(=O)c3cccnc3)c2cc1C(=O)Oc1ccccc1. The van der Waals surface area contributed by atoms with Gasteiger partial charge >= 0.3 is 5.97 Å². The van der Waals surface area contributed by atoms with Crippen molar-refractivity contribution in [3.05, 3.63) is 72.1 Å². The second kappa shape index (κ2) is 7.16. The molecule has 0 saturated heterocycles. The molecular weight excluding hydrogens is 360 g/mol. The highest BCUT2D eigenvalue weighted by Crippen LogP contribution is 2.25. The molecule has 28 heavy (non-hydrogen) atoms. The fourth-order valence-corrected chi connectivity index (χ4v) is 2.55. The lowest BCUT2D eigenvalue weighted by Gasteiger charge is -2.07. The predicted octanol–water partition coefficient (Wildman–Crippen LogP) is 2.41. The van der Waals surface area contributed by atoms with Crippen LogP contribution in [0.3, 0.4) is 0 Å². The monoisotopic (exact) mass is 374 g/mol. The topological polar surface area (TPSA) is 136 Å². The average Bonchev–Trinajstić information content (AvgIpc) is 3.10. The summed E-state index contributed by atoms with van der Waals surface area (Å²) in [6, 6.07) is 13.3. The zero-order valence-corrected chi connectivity index (χ0v) is 14.4. The van der Waals surface area contributed by atoms with E-state index >= 15 is 0 Å². The molecule has 9 heteroatoms. The van der Waals surface area contributed by atoms with Crippen LogP contribution < -0.4 is 15.8 Å². The zero-order chi connectivity index (χ0) is 19.5. The number of nitrogens with one attached hydrogen (secondary N) is 2. The van der Waals surface area contributed by atoms with Crippen molar-refractivity contribution < 1.29 is 14.3 Å². The van der Waals surface area contributed by atoms with Crippen LogP contribution >= 0.6 is 0 Å². The van der Waals surface area contributed by atoms with Gasteiger partial charge < -0.3 is 15.8 Å². The largest absolute Gasteiger partial charge is 0.423 e. The molecule has 0 unspecified atom stereocenters. The van der Waals surface area contributed by atoms with Crippen LogP contribution in [0.15, 0.2) is 60.9 Å². The number of carbonyl (C=O) groups is 2. The van der Waals surface area contributed by atoms with Crippen LogP contribution in [0.1, 0.15) is 20.7 Å².